The van der Waals surface area contributed by atoms with E-state index >= 15 is 0 Å². The van der Waals surface area contributed by atoms with Crippen LogP contribution in [0.5, 0.6) is 0 Å². The van der Waals surface area contributed by atoms with Gasteiger partial charge in [-0.1, -0.05) is 6.92 Å². The number of nitrogens with two attached hydrogens (primary N) is 1. The van der Waals surface area contributed by atoms with Gasteiger partial charge in [0.2, 0.25) is 11.8 Å². The third-order valence-corrected chi connectivity index (χ3v) is 3.10. The van der Waals surface area contributed by atoms with Gasteiger partial charge in [0, 0.05) is 19.0 Å². The van der Waals surface area contributed by atoms with Crippen molar-refractivity contribution in [3.63, 3.8) is 0 Å². The van der Waals surface area contributed by atoms with E-state index in [1.165, 1.54) is 0 Å². The summed E-state index contributed by atoms with van der Waals surface area (Å²) in [6, 6.07) is -0.490. The normalized spacial score (nSPS) is 19.2. The Morgan fingerprint density at radius 2 is 1.94 bits per heavy atom. The molecule has 0 spiro atoms. The van der Waals surface area contributed by atoms with Crippen molar-refractivity contribution in [1.29, 1.82) is 0 Å². The van der Waals surface area contributed by atoms with Crippen molar-refractivity contribution in [3.8, 4) is 0 Å². The first kappa shape index (κ1) is 14.9. The van der Waals surface area contributed by atoms with E-state index in [0.29, 0.717) is 39.3 Å². The highest BCUT2D eigenvalue weighted by Crippen LogP contribution is 2.04. The molecular weight excluding hydrogens is 234 g/mol. The highest BCUT2D eigenvalue weighted by Gasteiger charge is 2.24. The quantitative estimate of drug-likeness (QED) is 0.684. The van der Waals surface area contributed by atoms with Gasteiger partial charge >= 0.3 is 0 Å². The van der Waals surface area contributed by atoms with Crippen molar-refractivity contribution in [1.82, 2.24) is 10.2 Å². The Bertz CT molecular complexity index is 290. The summed E-state index contributed by atoms with van der Waals surface area (Å²) in [7, 11) is 0. The Kier molecular flexibility index (Phi) is 6.07. The molecule has 1 fully saturated rings. The predicted molar refractivity (Wildman–Crippen MR) is 67.8 cm³/mol. The minimum absolute atomic E-state index is 0.0494. The number of nitrogens with one attached hydrogen (secondary N) is 1. The molecule has 2 amide bonds. The zero-order valence-electron chi connectivity index (χ0n) is 11.1. The molecule has 1 rings (SSSR count). The summed E-state index contributed by atoms with van der Waals surface area (Å²) in [6.45, 7) is 6.32. The van der Waals surface area contributed by atoms with Crippen LogP contribution in [-0.4, -0.2) is 55.6 Å². The van der Waals surface area contributed by atoms with Gasteiger partial charge in [0.25, 0.3) is 0 Å². The Morgan fingerprint density at radius 1 is 1.33 bits per heavy atom. The average Bonchev–Trinajstić information content (AvgIpc) is 2.39. The molecule has 0 aliphatic carbocycles. The topological polar surface area (TPSA) is 84.7 Å². The van der Waals surface area contributed by atoms with E-state index in [0.717, 1.165) is 0 Å². The van der Waals surface area contributed by atoms with Crippen molar-refractivity contribution >= 4 is 11.8 Å². The van der Waals surface area contributed by atoms with Crippen LogP contribution in [0, 0.1) is 5.92 Å². The molecule has 6 nitrogen and oxygen atoms in total. The summed E-state index contributed by atoms with van der Waals surface area (Å²) in [4.78, 5) is 25.5. The predicted octanol–water partition coefficient (Wildman–Crippen LogP) is -0.665. The van der Waals surface area contributed by atoms with Crippen molar-refractivity contribution in [2.24, 2.45) is 11.7 Å². The number of carbonyl (C=O) groups is 2. The SMILES string of the molecule is CC(CCN)C(=O)NC(C)C(=O)N1CCOCC1. The van der Waals surface area contributed by atoms with Crippen LogP contribution in [0.15, 0.2) is 0 Å². The first-order chi connectivity index (χ1) is 8.56. The molecule has 0 bridgehead atoms. The molecule has 1 heterocycles. The maximum atomic E-state index is 12.0. The summed E-state index contributed by atoms with van der Waals surface area (Å²) in [5.41, 5.74) is 5.41. The van der Waals surface area contributed by atoms with Gasteiger partial charge in [0.05, 0.1) is 13.2 Å². The molecule has 2 atom stereocenters. The van der Waals surface area contributed by atoms with Crippen LogP contribution >= 0.6 is 0 Å². The maximum Gasteiger partial charge on any atom is 0.245 e. The van der Waals surface area contributed by atoms with E-state index in [4.69, 9.17) is 10.5 Å². The molecule has 0 radical (unpaired) electrons. The molecule has 0 saturated carbocycles. The fourth-order valence-corrected chi connectivity index (χ4v) is 1.86. The molecule has 1 saturated heterocycles. The van der Waals surface area contributed by atoms with Crippen LogP contribution in [0.3, 0.4) is 0 Å². The van der Waals surface area contributed by atoms with Crippen molar-refractivity contribution < 1.29 is 14.3 Å². The molecule has 0 aromatic heterocycles. The van der Waals surface area contributed by atoms with Gasteiger partial charge in [-0.05, 0) is 19.9 Å². The summed E-state index contributed by atoms with van der Waals surface area (Å²) in [6.07, 6.45) is 0.629. The highest BCUT2D eigenvalue weighted by atomic mass is 16.5. The lowest BCUT2D eigenvalue weighted by Crippen LogP contribution is -2.51. The van der Waals surface area contributed by atoms with Crippen LogP contribution in [0.25, 0.3) is 0 Å². The second-order valence-electron chi connectivity index (χ2n) is 4.65. The largest absolute Gasteiger partial charge is 0.378 e. The van der Waals surface area contributed by atoms with Gasteiger partial charge < -0.3 is 20.7 Å². The zero-order valence-corrected chi connectivity index (χ0v) is 11.1. The Balaban J connectivity index is 2.41. The molecule has 0 aromatic rings. The first-order valence-electron chi connectivity index (χ1n) is 6.43. The second kappa shape index (κ2) is 7.33. The minimum Gasteiger partial charge on any atom is -0.378 e. The lowest BCUT2D eigenvalue weighted by Gasteiger charge is -2.29. The highest BCUT2D eigenvalue weighted by molar-refractivity contribution is 5.88. The molecule has 1 aliphatic rings. The Labute approximate surface area is 108 Å². The van der Waals surface area contributed by atoms with Crippen LogP contribution < -0.4 is 11.1 Å². The van der Waals surface area contributed by atoms with Gasteiger partial charge in [-0.25, -0.2) is 0 Å². The van der Waals surface area contributed by atoms with E-state index in [9.17, 15) is 9.59 Å². The number of carbonyl (C=O) groups excluding carboxylic acids is 2. The summed E-state index contributed by atoms with van der Waals surface area (Å²) in [5.74, 6) is -0.323. The van der Waals surface area contributed by atoms with Gasteiger partial charge in [0.15, 0.2) is 0 Å². The molecule has 6 heteroatoms. The fraction of sp³-hybridized carbons (Fsp3) is 0.833. The standard InChI is InChI=1S/C12H23N3O3/c1-9(3-4-13)11(16)14-10(2)12(17)15-5-7-18-8-6-15/h9-10H,3-8,13H2,1-2H3,(H,14,16). The third kappa shape index (κ3) is 4.27. The van der Waals surface area contributed by atoms with Crippen molar-refractivity contribution in [2.45, 2.75) is 26.3 Å². The average molecular weight is 257 g/mol. The molecule has 2 unspecified atom stereocenters. The van der Waals surface area contributed by atoms with E-state index in [1.807, 2.05) is 6.92 Å². The number of nitrogens with zero attached hydrogens (tertiary/aromatic N) is 1. The molecule has 3 N–H and O–H groups in total. The maximum absolute atomic E-state index is 12.0. The summed E-state index contributed by atoms with van der Waals surface area (Å²) < 4.78 is 5.19. The lowest BCUT2D eigenvalue weighted by atomic mass is 10.1. The lowest BCUT2D eigenvalue weighted by molar-refractivity contribution is -0.140. The number of hydrogen-bond donors (Lipinski definition) is 2. The van der Waals surface area contributed by atoms with Crippen LogP contribution in [-0.2, 0) is 14.3 Å². The van der Waals surface area contributed by atoms with Gasteiger partial charge in [-0.15, -0.1) is 0 Å². The minimum atomic E-state index is -0.490. The van der Waals surface area contributed by atoms with Crippen LogP contribution in [0.4, 0.5) is 0 Å². The monoisotopic (exact) mass is 257 g/mol. The molecule has 18 heavy (non-hydrogen) atoms. The number of morpholine rings is 1. The van der Waals surface area contributed by atoms with E-state index in [-0.39, 0.29) is 17.7 Å². The third-order valence-electron chi connectivity index (χ3n) is 3.10. The van der Waals surface area contributed by atoms with Gasteiger partial charge in [-0.3, -0.25) is 9.59 Å². The number of hydrogen-bond acceptors (Lipinski definition) is 4. The Hall–Kier alpha value is -1.14. The second-order valence-corrected chi connectivity index (χ2v) is 4.65. The number of rotatable bonds is 5. The van der Waals surface area contributed by atoms with E-state index in [1.54, 1.807) is 11.8 Å². The number of amides is 2. The molecule has 1 aliphatic heterocycles. The zero-order chi connectivity index (χ0) is 13.5. The number of ether oxygens (including phenoxy) is 1. The van der Waals surface area contributed by atoms with E-state index in [2.05, 4.69) is 5.32 Å². The molecular formula is C12H23N3O3. The van der Waals surface area contributed by atoms with Crippen LogP contribution in [0.2, 0.25) is 0 Å². The Morgan fingerprint density at radius 3 is 2.50 bits per heavy atom. The summed E-state index contributed by atoms with van der Waals surface area (Å²) >= 11 is 0. The van der Waals surface area contributed by atoms with Gasteiger partial charge in [0.1, 0.15) is 6.04 Å². The fourth-order valence-electron chi connectivity index (χ4n) is 1.86. The van der Waals surface area contributed by atoms with Crippen LogP contribution in [0.1, 0.15) is 20.3 Å². The van der Waals surface area contributed by atoms with Crippen molar-refractivity contribution in [3.05, 3.63) is 0 Å². The van der Waals surface area contributed by atoms with E-state index < -0.39 is 6.04 Å². The smallest absolute Gasteiger partial charge is 0.245 e. The summed E-state index contributed by atoms with van der Waals surface area (Å²) in [5, 5.41) is 2.74. The molecule has 0 aromatic carbocycles. The molecule has 104 valence electrons. The first-order valence-corrected chi connectivity index (χ1v) is 6.43. The van der Waals surface area contributed by atoms with Gasteiger partial charge in [-0.2, -0.15) is 0 Å². The van der Waals surface area contributed by atoms with Crippen molar-refractivity contribution in [2.75, 3.05) is 32.8 Å².